The van der Waals surface area contributed by atoms with Crippen LogP contribution in [0.5, 0.6) is 17.2 Å². The lowest BCUT2D eigenvalue weighted by molar-refractivity contribution is -0.121. The Morgan fingerprint density at radius 3 is 2.52 bits per heavy atom. The lowest BCUT2D eigenvalue weighted by Crippen LogP contribution is -2.26. The lowest BCUT2D eigenvalue weighted by Gasteiger charge is -2.19. The third-order valence-electron chi connectivity index (χ3n) is 7.79. The standard InChI is InChI=1S/C33H43N5O6/c1-22(39)37-26-12-10-23-19-29(42-2)32(43-3)33(44-4)31(23)24-11-13-27(28(40)20-25(24)26)35-14-7-5-6-9-30(41)36-15-8-17-38-18-16-34-21-38/h11,13,16,18-21,26H,5-10,12,14-15,17H2,1-4H3,(H,35,40)(H,36,41)(H,37,39). The Morgan fingerprint density at radius 1 is 1.00 bits per heavy atom. The molecule has 0 saturated carbocycles. The van der Waals surface area contributed by atoms with Crippen LogP contribution in [0.3, 0.4) is 0 Å². The Hall–Kier alpha value is -4.54. The molecule has 0 aliphatic heterocycles. The van der Waals surface area contributed by atoms with Crippen molar-refractivity contribution in [1.29, 1.82) is 0 Å². The number of ether oxygens (including phenoxy) is 3. The zero-order valence-corrected chi connectivity index (χ0v) is 26.0. The van der Waals surface area contributed by atoms with Crippen molar-refractivity contribution in [3.63, 3.8) is 0 Å². The number of hydrogen-bond donors (Lipinski definition) is 3. The van der Waals surface area contributed by atoms with Gasteiger partial charge in [0, 0.05) is 50.9 Å². The Morgan fingerprint density at radius 2 is 1.82 bits per heavy atom. The molecule has 1 heterocycles. The summed E-state index contributed by atoms with van der Waals surface area (Å²) in [7, 11) is 4.72. The number of aromatic nitrogens is 2. The van der Waals surface area contributed by atoms with E-state index < -0.39 is 0 Å². The summed E-state index contributed by atoms with van der Waals surface area (Å²) in [4.78, 5) is 41.7. The summed E-state index contributed by atoms with van der Waals surface area (Å²) < 4.78 is 19.1. The van der Waals surface area contributed by atoms with Crippen LogP contribution in [0.1, 0.15) is 62.6 Å². The van der Waals surface area contributed by atoms with Crippen molar-refractivity contribution in [3.8, 4) is 28.4 Å². The zero-order valence-electron chi connectivity index (χ0n) is 26.0. The van der Waals surface area contributed by atoms with Crippen molar-refractivity contribution in [2.75, 3.05) is 39.7 Å². The predicted molar refractivity (Wildman–Crippen MR) is 169 cm³/mol. The van der Waals surface area contributed by atoms with Crippen molar-refractivity contribution in [2.45, 2.75) is 64.5 Å². The van der Waals surface area contributed by atoms with Gasteiger partial charge in [0.25, 0.3) is 0 Å². The third kappa shape index (κ3) is 8.09. The number of carbonyl (C=O) groups is 2. The van der Waals surface area contributed by atoms with Crippen molar-refractivity contribution >= 4 is 17.5 Å². The highest BCUT2D eigenvalue weighted by Gasteiger charge is 2.29. The second-order valence-corrected chi connectivity index (χ2v) is 10.8. The molecule has 0 bridgehead atoms. The molecule has 11 nitrogen and oxygen atoms in total. The Bertz CT molecular complexity index is 1490. The molecule has 1 aliphatic carbocycles. The van der Waals surface area contributed by atoms with Crippen molar-refractivity contribution < 1.29 is 23.8 Å². The van der Waals surface area contributed by atoms with Crippen LogP contribution in [0.4, 0.5) is 5.69 Å². The fraction of sp³-hybridized carbons (Fsp3) is 0.455. The van der Waals surface area contributed by atoms with Gasteiger partial charge in [-0.1, -0.05) is 12.5 Å². The van der Waals surface area contributed by atoms with E-state index in [9.17, 15) is 14.4 Å². The topological polar surface area (TPSA) is 133 Å². The van der Waals surface area contributed by atoms with Crippen LogP contribution in [-0.2, 0) is 22.6 Å². The van der Waals surface area contributed by atoms with Crippen molar-refractivity contribution in [2.24, 2.45) is 0 Å². The van der Waals surface area contributed by atoms with E-state index in [0.29, 0.717) is 55.3 Å². The summed E-state index contributed by atoms with van der Waals surface area (Å²) in [5.74, 6) is 1.42. The van der Waals surface area contributed by atoms with Crippen LogP contribution >= 0.6 is 0 Å². The number of nitrogens with one attached hydrogen (secondary N) is 3. The number of nitrogens with zero attached hydrogens (tertiary/aromatic N) is 2. The first-order valence-corrected chi connectivity index (χ1v) is 15.1. The zero-order chi connectivity index (χ0) is 31.5. The molecule has 1 unspecified atom stereocenters. The normalized spacial score (nSPS) is 13.6. The molecule has 2 aromatic carbocycles. The van der Waals surface area contributed by atoms with Crippen molar-refractivity contribution in [3.05, 3.63) is 64.3 Å². The molecule has 1 atom stereocenters. The number of rotatable bonds is 15. The first-order chi connectivity index (χ1) is 21.4. The Kier molecular flexibility index (Phi) is 11.6. The average molecular weight is 606 g/mol. The minimum Gasteiger partial charge on any atom is -0.493 e. The SMILES string of the molecule is COc1cc2c(c(OC)c1OC)-c1ccc(NCCCCCC(=O)NCCCn3ccnc3)c(=O)cc1C(NC(C)=O)CC2. The van der Waals surface area contributed by atoms with Gasteiger partial charge in [0.2, 0.25) is 23.0 Å². The highest BCUT2D eigenvalue weighted by Crippen LogP contribution is 2.50. The molecule has 236 valence electrons. The molecule has 3 aromatic rings. The number of fused-ring (bicyclic) bond motifs is 3. The molecule has 3 N–H and O–H groups in total. The molecule has 4 rings (SSSR count). The largest absolute Gasteiger partial charge is 0.493 e. The van der Waals surface area contributed by atoms with Gasteiger partial charge in [-0.3, -0.25) is 14.4 Å². The van der Waals surface area contributed by atoms with E-state index in [4.69, 9.17) is 14.2 Å². The molecular weight excluding hydrogens is 562 g/mol. The predicted octanol–water partition coefficient (Wildman–Crippen LogP) is 4.24. The van der Waals surface area contributed by atoms with E-state index in [2.05, 4.69) is 20.9 Å². The molecular formula is C33H43N5O6. The van der Waals surface area contributed by atoms with Crippen LogP contribution in [0.15, 0.2) is 47.8 Å². The van der Waals surface area contributed by atoms with Crippen molar-refractivity contribution in [1.82, 2.24) is 20.2 Å². The summed E-state index contributed by atoms with van der Waals surface area (Å²) in [6.45, 7) is 3.53. The smallest absolute Gasteiger partial charge is 0.219 e. The van der Waals surface area contributed by atoms with Gasteiger partial charge in [-0.25, -0.2) is 4.98 Å². The van der Waals surface area contributed by atoms with Gasteiger partial charge in [-0.05, 0) is 67.0 Å². The quantitative estimate of drug-likeness (QED) is 0.219. The van der Waals surface area contributed by atoms with Crippen LogP contribution in [0.25, 0.3) is 11.1 Å². The van der Waals surface area contributed by atoms with E-state index in [1.54, 1.807) is 46.0 Å². The van der Waals surface area contributed by atoms with Gasteiger partial charge >= 0.3 is 0 Å². The first-order valence-electron chi connectivity index (χ1n) is 15.1. The maximum absolute atomic E-state index is 13.4. The number of aryl methyl sites for hydroxylation is 2. The summed E-state index contributed by atoms with van der Waals surface area (Å²) in [6.07, 6.45) is 10.4. The lowest BCUT2D eigenvalue weighted by atomic mass is 9.95. The van der Waals surface area contributed by atoms with Crippen LogP contribution < -0.4 is 35.6 Å². The monoisotopic (exact) mass is 605 g/mol. The highest BCUT2D eigenvalue weighted by molar-refractivity contribution is 5.83. The molecule has 0 fully saturated rings. The van der Waals surface area contributed by atoms with E-state index >= 15 is 0 Å². The number of amides is 2. The van der Waals surface area contributed by atoms with Crippen LogP contribution in [0.2, 0.25) is 0 Å². The Labute approximate surface area is 258 Å². The maximum Gasteiger partial charge on any atom is 0.219 e. The minimum absolute atomic E-state index is 0.0562. The van der Waals surface area contributed by atoms with Gasteiger partial charge in [-0.15, -0.1) is 0 Å². The van der Waals surface area contributed by atoms with Gasteiger partial charge in [0.05, 0.1) is 39.4 Å². The van der Waals surface area contributed by atoms with E-state index in [1.807, 2.05) is 22.9 Å². The van der Waals surface area contributed by atoms with E-state index in [-0.39, 0.29) is 23.3 Å². The highest BCUT2D eigenvalue weighted by atomic mass is 16.5. The molecule has 44 heavy (non-hydrogen) atoms. The summed E-state index contributed by atoms with van der Waals surface area (Å²) in [5, 5.41) is 9.28. The molecule has 1 aromatic heterocycles. The summed E-state index contributed by atoms with van der Waals surface area (Å²) in [6, 6.07) is 6.88. The number of hydrogen-bond acceptors (Lipinski definition) is 8. The Balaban J connectivity index is 1.43. The van der Waals surface area contributed by atoms with Gasteiger partial charge in [0.1, 0.15) is 0 Å². The second-order valence-electron chi connectivity index (χ2n) is 10.8. The number of imidazole rings is 1. The molecule has 11 heteroatoms. The fourth-order valence-electron chi connectivity index (χ4n) is 5.66. The molecule has 0 saturated heterocycles. The van der Waals surface area contributed by atoms with E-state index in [0.717, 1.165) is 54.5 Å². The number of benzene rings is 1. The molecule has 0 spiro atoms. The molecule has 0 radical (unpaired) electrons. The average Bonchev–Trinajstić information content (AvgIpc) is 3.43. The minimum atomic E-state index is -0.360. The van der Waals surface area contributed by atoms with Gasteiger partial charge in [-0.2, -0.15) is 0 Å². The van der Waals surface area contributed by atoms with E-state index in [1.165, 1.54) is 6.92 Å². The van der Waals surface area contributed by atoms with Gasteiger partial charge < -0.3 is 34.7 Å². The summed E-state index contributed by atoms with van der Waals surface area (Å²) in [5.41, 5.74) is 3.60. The molecule has 2 amide bonds. The van der Waals surface area contributed by atoms with Gasteiger partial charge in [0.15, 0.2) is 11.5 Å². The number of anilines is 1. The second kappa shape index (κ2) is 15.8. The van der Waals surface area contributed by atoms with Crippen LogP contribution in [0, 0.1) is 0 Å². The fourth-order valence-corrected chi connectivity index (χ4v) is 5.66. The maximum atomic E-state index is 13.4. The number of carbonyl (C=O) groups excluding carboxylic acids is 2. The first kappa shape index (κ1) is 32.4. The summed E-state index contributed by atoms with van der Waals surface area (Å²) >= 11 is 0. The third-order valence-corrected chi connectivity index (χ3v) is 7.79. The molecule has 1 aliphatic rings. The number of unbranched alkanes of at least 4 members (excludes halogenated alkanes) is 2. The van der Waals surface area contributed by atoms with Crippen LogP contribution in [-0.4, -0.2) is 55.8 Å². The number of methoxy groups -OCH3 is 3.